The summed E-state index contributed by atoms with van der Waals surface area (Å²) in [7, 11) is -3.89. The molecule has 1 N–H and O–H groups in total. The number of fused-ring (bicyclic) bond motifs is 1. The predicted octanol–water partition coefficient (Wildman–Crippen LogP) is 3.86. The zero-order valence-electron chi connectivity index (χ0n) is 17.6. The van der Waals surface area contributed by atoms with Gasteiger partial charge in [0.05, 0.1) is 25.0 Å². The highest BCUT2D eigenvalue weighted by atomic mass is 32.2. The summed E-state index contributed by atoms with van der Waals surface area (Å²) in [6.45, 7) is 3.89. The zero-order chi connectivity index (χ0) is 23.0. The van der Waals surface area contributed by atoms with Gasteiger partial charge in [-0.25, -0.2) is 13.4 Å². The number of nitro groups is 1. The Balaban J connectivity index is 1.43. The Kier molecular flexibility index (Phi) is 5.97. The van der Waals surface area contributed by atoms with Crippen molar-refractivity contribution >= 4 is 48.9 Å². The zero-order valence-corrected chi connectivity index (χ0v) is 19.2. The Hall–Kier alpha value is -2.89. The van der Waals surface area contributed by atoms with E-state index in [-0.39, 0.29) is 35.5 Å². The van der Waals surface area contributed by atoms with Crippen molar-refractivity contribution in [2.75, 3.05) is 18.4 Å². The number of non-ortho nitro benzene ring substituents is 1. The van der Waals surface area contributed by atoms with Crippen LogP contribution in [0.15, 0.2) is 41.3 Å². The molecule has 4 rings (SSSR count). The van der Waals surface area contributed by atoms with Crippen LogP contribution in [0.1, 0.15) is 23.4 Å². The fraction of sp³-hybridized carbons (Fsp3) is 0.333. The summed E-state index contributed by atoms with van der Waals surface area (Å²) in [5, 5.41) is 14.9. The first-order valence-corrected chi connectivity index (χ1v) is 12.3. The number of nitro benzene ring substituents is 1. The van der Waals surface area contributed by atoms with E-state index in [2.05, 4.69) is 10.3 Å². The van der Waals surface area contributed by atoms with Gasteiger partial charge >= 0.3 is 0 Å². The van der Waals surface area contributed by atoms with Crippen molar-refractivity contribution in [2.45, 2.75) is 31.6 Å². The van der Waals surface area contributed by atoms with Crippen LogP contribution < -0.4 is 5.32 Å². The number of hydrogen-bond acceptors (Lipinski definition) is 7. The van der Waals surface area contributed by atoms with Gasteiger partial charge in [-0.05, 0) is 50.5 Å². The third-order valence-electron chi connectivity index (χ3n) is 5.59. The molecule has 0 bridgehead atoms. The molecule has 1 saturated heterocycles. The van der Waals surface area contributed by atoms with Crippen LogP contribution >= 0.6 is 11.3 Å². The maximum absolute atomic E-state index is 13.1. The van der Waals surface area contributed by atoms with Crippen molar-refractivity contribution in [3.05, 3.63) is 57.1 Å². The molecule has 1 aliphatic rings. The number of carbonyl (C=O) groups excluding carboxylic acids is 1. The summed E-state index contributed by atoms with van der Waals surface area (Å²) in [6, 6.07) is 9.39. The molecule has 0 atom stereocenters. The van der Waals surface area contributed by atoms with Crippen molar-refractivity contribution in [1.82, 2.24) is 9.29 Å². The first-order chi connectivity index (χ1) is 15.1. The molecule has 11 heteroatoms. The van der Waals surface area contributed by atoms with E-state index in [0.717, 1.165) is 21.3 Å². The molecule has 2 aromatic carbocycles. The molecule has 9 nitrogen and oxygen atoms in total. The Morgan fingerprint density at radius 2 is 1.91 bits per heavy atom. The highest BCUT2D eigenvalue weighted by Crippen LogP contribution is 2.29. The normalized spacial score (nSPS) is 15.7. The first kappa shape index (κ1) is 22.3. The second kappa shape index (κ2) is 8.57. The highest BCUT2D eigenvalue weighted by Gasteiger charge is 2.33. The average molecular weight is 475 g/mol. The minimum Gasteiger partial charge on any atom is -0.326 e. The number of anilines is 1. The van der Waals surface area contributed by atoms with Crippen LogP contribution in [0, 0.1) is 29.9 Å². The Bertz CT molecular complexity index is 1310. The van der Waals surface area contributed by atoms with Gasteiger partial charge in [-0.1, -0.05) is 6.07 Å². The first-order valence-electron chi connectivity index (χ1n) is 10.1. The second-order valence-electron chi connectivity index (χ2n) is 7.79. The van der Waals surface area contributed by atoms with E-state index < -0.39 is 14.9 Å². The number of thiazole rings is 1. The van der Waals surface area contributed by atoms with Crippen molar-refractivity contribution in [3.63, 3.8) is 0 Å². The van der Waals surface area contributed by atoms with E-state index in [1.54, 1.807) is 18.3 Å². The van der Waals surface area contributed by atoms with Crippen molar-refractivity contribution in [1.29, 1.82) is 0 Å². The van der Waals surface area contributed by atoms with Crippen LogP contribution in [0.25, 0.3) is 10.2 Å². The molecule has 2 heterocycles. The summed E-state index contributed by atoms with van der Waals surface area (Å²) in [6.07, 6.45) is 0.752. The molecule has 1 fully saturated rings. The summed E-state index contributed by atoms with van der Waals surface area (Å²) < 4.78 is 28.4. The second-order valence-corrected chi connectivity index (χ2v) is 10.9. The molecule has 1 aliphatic heterocycles. The van der Waals surface area contributed by atoms with E-state index in [1.165, 1.54) is 16.4 Å². The van der Waals surface area contributed by atoms with Gasteiger partial charge in [-0.15, -0.1) is 11.3 Å². The van der Waals surface area contributed by atoms with Gasteiger partial charge in [0.25, 0.3) is 5.69 Å². The minimum atomic E-state index is -3.89. The topological polar surface area (TPSA) is 123 Å². The quantitative estimate of drug-likeness (QED) is 0.442. The molecule has 0 radical (unpaired) electrons. The smallest absolute Gasteiger partial charge is 0.270 e. The van der Waals surface area contributed by atoms with Gasteiger partial charge in [0.2, 0.25) is 15.9 Å². The van der Waals surface area contributed by atoms with E-state index in [0.29, 0.717) is 24.1 Å². The number of sulfonamides is 1. The van der Waals surface area contributed by atoms with Gasteiger partial charge < -0.3 is 5.32 Å². The molecule has 0 unspecified atom stereocenters. The molecule has 168 valence electrons. The van der Waals surface area contributed by atoms with Gasteiger partial charge in [-0.3, -0.25) is 14.9 Å². The molecule has 3 aromatic rings. The highest BCUT2D eigenvalue weighted by molar-refractivity contribution is 7.89. The summed E-state index contributed by atoms with van der Waals surface area (Å²) in [4.78, 5) is 27.5. The number of aryl methyl sites for hydroxylation is 2. The van der Waals surface area contributed by atoms with Crippen LogP contribution in [0.3, 0.4) is 0 Å². The number of hydrogen-bond donors (Lipinski definition) is 1. The molecule has 0 spiro atoms. The maximum Gasteiger partial charge on any atom is 0.270 e. The van der Waals surface area contributed by atoms with E-state index >= 15 is 0 Å². The fourth-order valence-electron chi connectivity index (χ4n) is 3.84. The predicted molar refractivity (Wildman–Crippen MR) is 122 cm³/mol. The van der Waals surface area contributed by atoms with Gasteiger partial charge in [0.1, 0.15) is 0 Å². The lowest BCUT2D eigenvalue weighted by Gasteiger charge is -2.30. The largest absolute Gasteiger partial charge is 0.326 e. The number of nitrogens with zero attached hydrogens (tertiary/aromatic N) is 3. The van der Waals surface area contributed by atoms with Gasteiger partial charge in [-0.2, -0.15) is 4.31 Å². The molecule has 0 saturated carbocycles. The SMILES string of the molecule is Cc1nc2ccc(NC(=O)C3CCN(S(=O)(=O)c4cc([N+](=O)[O-])ccc4C)CC3)cc2s1. The van der Waals surface area contributed by atoms with Gasteiger partial charge in [0.15, 0.2) is 0 Å². The molecule has 0 aliphatic carbocycles. The van der Waals surface area contributed by atoms with Crippen LogP contribution in [-0.2, 0) is 14.8 Å². The monoisotopic (exact) mass is 474 g/mol. The number of rotatable bonds is 5. The van der Waals surface area contributed by atoms with Crippen LogP contribution in [0.5, 0.6) is 0 Å². The third kappa shape index (κ3) is 4.36. The minimum absolute atomic E-state index is 0.0669. The van der Waals surface area contributed by atoms with E-state index in [9.17, 15) is 23.3 Å². The van der Waals surface area contributed by atoms with Crippen LogP contribution in [0.4, 0.5) is 11.4 Å². The van der Waals surface area contributed by atoms with Crippen molar-refractivity contribution in [3.8, 4) is 0 Å². The van der Waals surface area contributed by atoms with E-state index in [1.807, 2.05) is 25.1 Å². The lowest BCUT2D eigenvalue weighted by molar-refractivity contribution is -0.385. The summed E-state index contributed by atoms with van der Waals surface area (Å²) in [5.74, 6) is -0.458. The lowest BCUT2D eigenvalue weighted by atomic mass is 9.97. The molecular formula is C21H22N4O5S2. The third-order valence-corrected chi connectivity index (χ3v) is 8.56. The molecular weight excluding hydrogens is 452 g/mol. The fourth-order valence-corrected chi connectivity index (χ4v) is 6.42. The number of benzene rings is 2. The number of piperidine rings is 1. The Morgan fingerprint density at radius 1 is 1.19 bits per heavy atom. The van der Waals surface area contributed by atoms with Crippen LogP contribution in [0.2, 0.25) is 0 Å². The Morgan fingerprint density at radius 3 is 2.59 bits per heavy atom. The lowest BCUT2D eigenvalue weighted by Crippen LogP contribution is -2.41. The molecule has 1 amide bonds. The Labute approximate surface area is 189 Å². The number of carbonyl (C=O) groups is 1. The van der Waals surface area contributed by atoms with E-state index in [4.69, 9.17) is 0 Å². The average Bonchev–Trinajstić information content (AvgIpc) is 3.13. The van der Waals surface area contributed by atoms with Crippen molar-refractivity contribution in [2.24, 2.45) is 5.92 Å². The standard InChI is InChI=1S/C21H22N4O5S2/c1-13-3-5-17(25(27)28)12-20(13)32(29,30)24-9-7-15(8-10-24)21(26)23-16-4-6-18-19(11-16)31-14(2)22-18/h3-6,11-12,15H,7-10H2,1-2H3,(H,23,26). The van der Waals surface area contributed by atoms with Crippen molar-refractivity contribution < 1.29 is 18.1 Å². The van der Waals surface area contributed by atoms with Gasteiger partial charge in [0, 0.05) is 36.8 Å². The molecule has 1 aromatic heterocycles. The maximum atomic E-state index is 13.1. The van der Waals surface area contributed by atoms with Crippen LogP contribution in [-0.4, -0.2) is 41.6 Å². The molecule has 32 heavy (non-hydrogen) atoms. The number of nitrogens with one attached hydrogen (secondary N) is 1. The number of aromatic nitrogens is 1. The number of amides is 1. The summed E-state index contributed by atoms with van der Waals surface area (Å²) >= 11 is 1.56. The summed E-state index contributed by atoms with van der Waals surface area (Å²) in [5.41, 5.74) is 1.76.